The number of carbonyl (C=O) groups is 2. The summed E-state index contributed by atoms with van der Waals surface area (Å²) in [5.41, 5.74) is 1.71. The molecule has 122 valence electrons. The molecule has 6 heteroatoms. The minimum absolute atomic E-state index is 0.103. The molecule has 0 saturated heterocycles. The van der Waals surface area contributed by atoms with Crippen LogP contribution >= 0.6 is 0 Å². The van der Waals surface area contributed by atoms with Gasteiger partial charge < -0.3 is 10.4 Å². The number of hydrogen-bond acceptors (Lipinski definition) is 3. The molecule has 1 amide bonds. The van der Waals surface area contributed by atoms with Gasteiger partial charge in [0.1, 0.15) is 0 Å². The fourth-order valence-corrected chi connectivity index (χ4v) is 2.22. The first-order valence-electron chi connectivity index (χ1n) is 7.71. The van der Waals surface area contributed by atoms with Crippen LogP contribution in [0.15, 0.2) is 42.7 Å². The first kappa shape index (κ1) is 16.7. The van der Waals surface area contributed by atoms with E-state index in [2.05, 4.69) is 10.4 Å². The Kier molecular flexibility index (Phi) is 6.35. The van der Waals surface area contributed by atoms with E-state index in [1.165, 1.54) is 0 Å². The van der Waals surface area contributed by atoms with Crippen molar-refractivity contribution in [1.82, 2.24) is 15.1 Å². The molecule has 0 aliphatic heterocycles. The molecular formula is C17H21N3O3. The molecule has 0 atom stereocenters. The van der Waals surface area contributed by atoms with Gasteiger partial charge in [0.25, 0.3) is 5.91 Å². The third-order valence-corrected chi connectivity index (χ3v) is 3.47. The number of benzene rings is 1. The van der Waals surface area contributed by atoms with E-state index in [0.29, 0.717) is 25.1 Å². The summed E-state index contributed by atoms with van der Waals surface area (Å²) in [5, 5.41) is 15.5. The third kappa shape index (κ3) is 5.94. The van der Waals surface area contributed by atoms with Crippen molar-refractivity contribution in [1.29, 1.82) is 0 Å². The first-order chi connectivity index (χ1) is 11.1. The first-order valence-corrected chi connectivity index (χ1v) is 7.71. The number of nitrogens with one attached hydrogen (secondary N) is 1. The summed E-state index contributed by atoms with van der Waals surface area (Å²) in [5.74, 6) is -0.877. The minimum atomic E-state index is -0.774. The monoisotopic (exact) mass is 315 g/mol. The van der Waals surface area contributed by atoms with E-state index in [1.807, 2.05) is 29.1 Å². The molecule has 0 unspecified atom stereocenters. The van der Waals surface area contributed by atoms with Crippen LogP contribution in [0.3, 0.4) is 0 Å². The summed E-state index contributed by atoms with van der Waals surface area (Å²) in [4.78, 5) is 22.4. The van der Waals surface area contributed by atoms with Crippen molar-refractivity contribution in [2.45, 2.75) is 32.2 Å². The zero-order valence-corrected chi connectivity index (χ0v) is 12.9. The van der Waals surface area contributed by atoms with Crippen molar-refractivity contribution in [2.24, 2.45) is 0 Å². The van der Waals surface area contributed by atoms with Crippen molar-refractivity contribution in [3.8, 4) is 0 Å². The number of aliphatic carboxylic acids is 1. The third-order valence-electron chi connectivity index (χ3n) is 3.47. The van der Waals surface area contributed by atoms with Gasteiger partial charge in [-0.1, -0.05) is 18.6 Å². The molecule has 0 bridgehead atoms. The number of carboxylic acids is 1. The minimum Gasteiger partial charge on any atom is -0.481 e. The highest BCUT2D eigenvalue weighted by Gasteiger charge is 2.05. The Bertz CT molecular complexity index is 621. The van der Waals surface area contributed by atoms with Crippen LogP contribution in [0.2, 0.25) is 0 Å². The summed E-state index contributed by atoms with van der Waals surface area (Å²) >= 11 is 0. The van der Waals surface area contributed by atoms with E-state index in [4.69, 9.17) is 5.11 Å². The molecule has 0 fully saturated rings. The standard InChI is InChI=1S/C17H21N3O3/c21-16(22)5-2-1-3-10-18-17(23)15-8-6-14(7-9-15)13-20-12-4-11-19-20/h4,6-9,11-12H,1-3,5,10,13H2,(H,18,23)(H,21,22). The fraction of sp³-hybridized carbons (Fsp3) is 0.353. The van der Waals surface area contributed by atoms with Gasteiger partial charge in [-0.05, 0) is 36.6 Å². The summed E-state index contributed by atoms with van der Waals surface area (Å²) in [7, 11) is 0. The SMILES string of the molecule is O=C(O)CCCCCNC(=O)c1ccc(Cn2cccn2)cc1. The van der Waals surface area contributed by atoms with Gasteiger partial charge in [0.2, 0.25) is 0 Å². The lowest BCUT2D eigenvalue weighted by atomic mass is 10.1. The highest BCUT2D eigenvalue weighted by Crippen LogP contribution is 2.06. The van der Waals surface area contributed by atoms with E-state index in [0.717, 1.165) is 18.4 Å². The smallest absolute Gasteiger partial charge is 0.303 e. The van der Waals surface area contributed by atoms with Crippen LogP contribution in [0.4, 0.5) is 0 Å². The number of aromatic nitrogens is 2. The largest absolute Gasteiger partial charge is 0.481 e. The lowest BCUT2D eigenvalue weighted by Gasteiger charge is -2.06. The Morgan fingerprint density at radius 1 is 1.13 bits per heavy atom. The normalized spacial score (nSPS) is 10.4. The average Bonchev–Trinajstić information content (AvgIpc) is 3.04. The Labute approximate surface area is 135 Å². The van der Waals surface area contributed by atoms with E-state index >= 15 is 0 Å². The summed E-state index contributed by atoms with van der Waals surface area (Å²) in [6.45, 7) is 1.24. The fourth-order valence-electron chi connectivity index (χ4n) is 2.22. The van der Waals surface area contributed by atoms with Crippen LogP contribution in [-0.4, -0.2) is 33.3 Å². The van der Waals surface area contributed by atoms with Gasteiger partial charge >= 0.3 is 5.97 Å². The van der Waals surface area contributed by atoms with Gasteiger partial charge in [-0.15, -0.1) is 0 Å². The number of carboxylic acid groups (broad SMARTS) is 1. The lowest BCUT2D eigenvalue weighted by Crippen LogP contribution is -2.24. The number of rotatable bonds is 9. The van der Waals surface area contributed by atoms with Gasteiger partial charge in [-0.2, -0.15) is 5.10 Å². The number of nitrogens with zero attached hydrogens (tertiary/aromatic N) is 2. The molecule has 2 aromatic rings. The highest BCUT2D eigenvalue weighted by atomic mass is 16.4. The second-order valence-electron chi connectivity index (χ2n) is 5.36. The van der Waals surface area contributed by atoms with Crippen LogP contribution in [0.1, 0.15) is 41.6 Å². The maximum absolute atomic E-state index is 12.0. The van der Waals surface area contributed by atoms with Crippen LogP contribution in [0, 0.1) is 0 Å². The van der Waals surface area contributed by atoms with Crippen LogP contribution < -0.4 is 5.32 Å². The van der Waals surface area contributed by atoms with Gasteiger partial charge in [0.15, 0.2) is 0 Å². The Hall–Kier alpha value is -2.63. The summed E-state index contributed by atoms with van der Waals surface area (Å²) < 4.78 is 1.83. The van der Waals surface area contributed by atoms with E-state index < -0.39 is 5.97 Å². The van der Waals surface area contributed by atoms with E-state index in [1.54, 1.807) is 18.3 Å². The van der Waals surface area contributed by atoms with Gasteiger partial charge in [0.05, 0.1) is 6.54 Å². The van der Waals surface area contributed by atoms with Crippen molar-refractivity contribution in [3.05, 3.63) is 53.9 Å². The molecule has 0 aliphatic rings. The average molecular weight is 315 g/mol. The summed E-state index contributed by atoms with van der Waals surface area (Å²) in [6, 6.07) is 9.32. The Morgan fingerprint density at radius 2 is 1.91 bits per heavy atom. The molecule has 1 aromatic heterocycles. The number of unbranched alkanes of at least 4 members (excludes halogenated alkanes) is 2. The second-order valence-corrected chi connectivity index (χ2v) is 5.36. The lowest BCUT2D eigenvalue weighted by molar-refractivity contribution is -0.137. The van der Waals surface area contributed by atoms with Crippen molar-refractivity contribution < 1.29 is 14.7 Å². The molecular weight excluding hydrogens is 294 g/mol. The maximum atomic E-state index is 12.0. The molecule has 6 nitrogen and oxygen atoms in total. The van der Waals surface area contributed by atoms with Gasteiger partial charge in [0, 0.05) is 30.9 Å². The molecule has 1 aromatic carbocycles. The molecule has 0 saturated carbocycles. The molecule has 2 rings (SSSR count). The second kappa shape index (κ2) is 8.73. The maximum Gasteiger partial charge on any atom is 0.303 e. The topological polar surface area (TPSA) is 84.2 Å². The van der Waals surface area contributed by atoms with Crippen molar-refractivity contribution in [2.75, 3.05) is 6.54 Å². The summed E-state index contributed by atoms with van der Waals surface area (Å²) in [6.07, 6.45) is 6.05. The van der Waals surface area contributed by atoms with Gasteiger partial charge in [-0.25, -0.2) is 0 Å². The van der Waals surface area contributed by atoms with E-state index in [-0.39, 0.29) is 12.3 Å². The molecule has 2 N–H and O–H groups in total. The van der Waals surface area contributed by atoms with Gasteiger partial charge in [-0.3, -0.25) is 14.3 Å². The van der Waals surface area contributed by atoms with Crippen molar-refractivity contribution >= 4 is 11.9 Å². The highest BCUT2D eigenvalue weighted by molar-refractivity contribution is 5.94. The Morgan fingerprint density at radius 3 is 2.57 bits per heavy atom. The predicted molar refractivity (Wildman–Crippen MR) is 86.2 cm³/mol. The quantitative estimate of drug-likeness (QED) is 0.695. The zero-order valence-electron chi connectivity index (χ0n) is 12.9. The molecule has 0 spiro atoms. The van der Waals surface area contributed by atoms with Crippen LogP contribution in [0.5, 0.6) is 0 Å². The molecule has 1 heterocycles. The molecule has 0 radical (unpaired) electrons. The predicted octanol–water partition coefficient (Wildman–Crippen LogP) is 2.31. The van der Waals surface area contributed by atoms with Crippen LogP contribution in [0.25, 0.3) is 0 Å². The number of carbonyl (C=O) groups excluding carboxylic acids is 1. The van der Waals surface area contributed by atoms with E-state index in [9.17, 15) is 9.59 Å². The van der Waals surface area contributed by atoms with Crippen molar-refractivity contribution in [3.63, 3.8) is 0 Å². The molecule has 23 heavy (non-hydrogen) atoms. The number of hydrogen-bond donors (Lipinski definition) is 2. The Balaban J connectivity index is 1.71. The zero-order chi connectivity index (χ0) is 16.5. The number of amides is 1. The van der Waals surface area contributed by atoms with Crippen LogP contribution in [-0.2, 0) is 11.3 Å². The molecule has 0 aliphatic carbocycles.